The highest BCUT2D eigenvalue weighted by molar-refractivity contribution is 6.41. The van der Waals surface area contributed by atoms with Crippen molar-refractivity contribution in [1.82, 2.24) is 9.88 Å². The van der Waals surface area contributed by atoms with E-state index in [9.17, 15) is 9.59 Å². The molecule has 0 saturated carbocycles. The lowest BCUT2D eigenvalue weighted by Gasteiger charge is -2.20. The molecule has 19 heavy (non-hydrogen) atoms. The van der Waals surface area contributed by atoms with Crippen LogP contribution in [0.15, 0.2) is 6.07 Å². The number of aliphatic carboxylic acids is 1. The van der Waals surface area contributed by atoms with E-state index < -0.39 is 17.9 Å². The highest BCUT2D eigenvalue weighted by atomic mass is 35.5. The first kappa shape index (κ1) is 15.9. The summed E-state index contributed by atoms with van der Waals surface area (Å²) in [6.07, 6.45) is 0.645. The third kappa shape index (κ3) is 3.42. The molecule has 0 aliphatic rings. The number of rotatable bonds is 5. The molecule has 1 aromatic heterocycles. The molecule has 0 radical (unpaired) electrons. The Morgan fingerprint density at radius 1 is 1.47 bits per heavy atom. The quantitative estimate of drug-likeness (QED) is 0.878. The lowest BCUT2D eigenvalue weighted by atomic mass is 9.99. The standard InChI is InChI=1S/C12H16Cl2N2O3/c1-4-6(2)9(12(18)19)15-11(17)8-5-7(13)10(14)16(8)3/h5-6,9H,4H2,1-3H3,(H,15,17)(H,18,19)/t6-,9-/m0/s1. The number of halogens is 2. The summed E-state index contributed by atoms with van der Waals surface area (Å²) in [5.74, 6) is -1.74. The maximum atomic E-state index is 12.1. The van der Waals surface area contributed by atoms with E-state index in [2.05, 4.69) is 5.32 Å². The SMILES string of the molecule is CC[C@H](C)[C@H](NC(=O)c1cc(Cl)c(Cl)n1C)C(=O)O. The van der Waals surface area contributed by atoms with E-state index >= 15 is 0 Å². The molecule has 1 aromatic rings. The van der Waals surface area contributed by atoms with Crippen LogP contribution in [0.3, 0.4) is 0 Å². The summed E-state index contributed by atoms with van der Waals surface area (Å²) < 4.78 is 1.41. The van der Waals surface area contributed by atoms with Gasteiger partial charge in [0.25, 0.3) is 5.91 Å². The monoisotopic (exact) mass is 306 g/mol. The number of carboxylic acid groups (broad SMARTS) is 1. The molecule has 0 bridgehead atoms. The number of hydrogen-bond donors (Lipinski definition) is 2. The van der Waals surface area contributed by atoms with Crippen molar-refractivity contribution < 1.29 is 14.7 Å². The van der Waals surface area contributed by atoms with Crippen LogP contribution >= 0.6 is 23.2 Å². The maximum Gasteiger partial charge on any atom is 0.326 e. The first-order valence-electron chi connectivity index (χ1n) is 5.83. The highest BCUT2D eigenvalue weighted by Gasteiger charge is 2.27. The molecule has 5 nitrogen and oxygen atoms in total. The van der Waals surface area contributed by atoms with Crippen molar-refractivity contribution in [2.75, 3.05) is 0 Å². The van der Waals surface area contributed by atoms with Crippen LogP contribution < -0.4 is 5.32 Å². The van der Waals surface area contributed by atoms with Crippen LogP contribution in [0, 0.1) is 5.92 Å². The van der Waals surface area contributed by atoms with Crippen molar-refractivity contribution in [2.24, 2.45) is 13.0 Å². The Kier molecular flexibility index (Phi) is 5.26. The zero-order chi connectivity index (χ0) is 14.7. The number of amides is 1. The fourth-order valence-electron chi connectivity index (χ4n) is 1.66. The minimum Gasteiger partial charge on any atom is -0.480 e. The third-order valence-electron chi connectivity index (χ3n) is 3.11. The summed E-state index contributed by atoms with van der Waals surface area (Å²) in [6, 6.07) is 0.472. The molecule has 1 rings (SSSR count). The number of nitrogens with zero attached hydrogens (tertiary/aromatic N) is 1. The summed E-state index contributed by atoms with van der Waals surface area (Å²) in [6.45, 7) is 3.63. The van der Waals surface area contributed by atoms with Crippen LogP contribution in [-0.4, -0.2) is 27.6 Å². The fraction of sp³-hybridized carbons (Fsp3) is 0.500. The van der Waals surface area contributed by atoms with Crippen LogP contribution in [0.25, 0.3) is 0 Å². The first-order valence-corrected chi connectivity index (χ1v) is 6.59. The summed E-state index contributed by atoms with van der Waals surface area (Å²) in [4.78, 5) is 23.2. The van der Waals surface area contributed by atoms with E-state index in [1.165, 1.54) is 10.6 Å². The Morgan fingerprint density at radius 2 is 2.05 bits per heavy atom. The van der Waals surface area contributed by atoms with Gasteiger partial charge < -0.3 is 15.0 Å². The van der Waals surface area contributed by atoms with Gasteiger partial charge in [0, 0.05) is 7.05 Å². The molecule has 7 heteroatoms. The normalized spacial score (nSPS) is 13.9. The van der Waals surface area contributed by atoms with E-state index in [-0.39, 0.29) is 21.8 Å². The second kappa shape index (κ2) is 6.30. The van der Waals surface area contributed by atoms with Gasteiger partial charge in [-0.1, -0.05) is 43.5 Å². The van der Waals surface area contributed by atoms with Gasteiger partial charge in [0.15, 0.2) is 0 Å². The van der Waals surface area contributed by atoms with Crippen molar-refractivity contribution in [3.8, 4) is 0 Å². The van der Waals surface area contributed by atoms with E-state index in [1.807, 2.05) is 6.92 Å². The van der Waals surface area contributed by atoms with Crippen molar-refractivity contribution in [2.45, 2.75) is 26.3 Å². The second-order valence-electron chi connectivity index (χ2n) is 4.40. The smallest absolute Gasteiger partial charge is 0.326 e. The van der Waals surface area contributed by atoms with Crippen molar-refractivity contribution in [3.05, 3.63) is 21.9 Å². The van der Waals surface area contributed by atoms with Gasteiger partial charge in [0.2, 0.25) is 0 Å². The Hall–Kier alpha value is -1.20. The topological polar surface area (TPSA) is 71.3 Å². The number of carbonyl (C=O) groups is 2. The minimum absolute atomic E-state index is 0.173. The Morgan fingerprint density at radius 3 is 2.42 bits per heavy atom. The fourth-order valence-corrected chi connectivity index (χ4v) is 2.03. The predicted molar refractivity (Wildman–Crippen MR) is 73.8 cm³/mol. The number of aromatic nitrogens is 1. The van der Waals surface area contributed by atoms with E-state index in [0.717, 1.165) is 0 Å². The Balaban J connectivity index is 2.94. The van der Waals surface area contributed by atoms with Crippen LogP contribution in [-0.2, 0) is 11.8 Å². The minimum atomic E-state index is -1.06. The Labute approximate surface area is 121 Å². The zero-order valence-corrected chi connectivity index (χ0v) is 12.4. The average molecular weight is 307 g/mol. The molecule has 106 valence electrons. The molecule has 2 N–H and O–H groups in total. The van der Waals surface area contributed by atoms with Gasteiger partial charge in [-0.2, -0.15) is 0 Å². The van der Waals surface area contributed by atoms with Crippen LogP contribution in [0.1, 0.15) is 30.8 Å². The summed E-state index contributed by atoms with van der Waals surface area (Å²) in [5.41, 5.74) is 0.226. The molecular weight excluding hydrogens is 291 g/mol. The molecule has 0 unspecified atom stereocenters. The molecule has 0 spiro atoms. The highest BCUT2D eigenvalue weighted by Crippen LogP contribution is 2.25. The van der Waals surface area contributed by atoms with Gasteiger partial charge in [-0.05, 0) is 12.0 Å². The lowest BCUT2D eigenvalue weighted by Crippen LogP contribution is -2.45. The molecule has 0 fully saturated rings. The largest absolute Gasteiger partial charge is 0.480 e. The first-order chi connectivity index (χ1) is 8.79. The molecule has 0 aromatic carbocycles. The number of carboxylic acids is 1. The van der Waals surface area contributed by atoms with Crippen LogP contribution in [0.5, 0.6) is 0 Å². The molecule has 1 heterocycles. The van der Waals surface area contributed by atoms with Gasteiger partial charge in [-0.15, -0.1) is 0 Å². The zero-order valence-electron chi connectivity index (χ0n) is 10.9. The van der Waals surface area contributed by atoms with Crippen LogP contribution in [0.4, 0.5) is 0 Å². The van der Waals surface area contributed by atoms with E-state index in [4.69, 9.17) is 28.3 Å². The molecular formula is C12H16Cl2N2O3. The van der Waals surface area contributed by atoms with E-state index in [0.29, 0.717) is 6.42 Å². The second-order valence-corrected chi connectivity index (χ2v) is 5.17. The Bertz CT molecular complexity index is 499. The summed E-state index contributed by atoms with van der Waals surface area (Å²) in [7, 11) is 1.59. The van der Waals surface area contributed by atoms with Crippen molar-refractivity contribution in [3.63, 3.8) is 0 Å². The van der Waals surface area contributed by atoms with Crippen LogP contribution in [0.2, 0.25) is 10.2 Å². The molecule has 0 aliphatic carbocycles. The number of hydrogen-bond acceptors (Lipinski definition) is 2. The molecule has 2 atom stereocenters. The molecule has 0 saturated heterocycles. The van der Waals surface area contributed by atoms with Gasteiger partial charge in [0.1, 0.15) is 16.9 Å². The molecule has 1 amide bonds. The van der Waals surface area contributed by atoms with Gasteiger partial charge in [-0.3, -0.25) is 4.79 Å². The van der Waals surface area contributed by atoms with Crippen molar-refractivity contribution in [1.29, 1.82) is 0 Å². The number of nitrogens with one attached hydrogen (secondary N) is 1. The van der Waals surface area contributed by atoms with Gasteiger partial charge in [-0.25, -0.2) is 4.79 Å². The molecule has 0 aliphatic heterocycles. The average Bonchev–Trinajstić information content (AvgIpc) is 2.62. The van der Waals surface area contributed by atoms with Gasteiger partial charge >= 0.3 is 5.97 Å². The predicted octanol–water partition coefficient (Wildman–Crippen LogP) is 2.56. The maximum absolute atomic E-state index is 12.1. The van der Waals surface area contributed by atoms with Gasteiger partial charge in [0.05, 0.1) is 5.02 Å². The van der Waals surface area contributed by atoms with Crippen molar-refractivity contribution >= 4 is 35.1 Å². The lowest BCUT2D eigenvalue weighted by molar-refractivity contribution is -0.140. The third-order valence-corrected chi connectivity index (χ3v) is 3.96. The van der Waals surface area contributed by atoms with E-state index in [1.54, 1.807) is 14.0 Å². The summed E-state index contributed by atoms with van der Waals surface area (Å²) in [5, 5.41) is 12.1. The summed E-state index contributed by atoms with van der Waals surface area (Å²) >= 11 is 11.7. The number of carbonyl (C=O) groups excluding carboxylic acids is 1.